The van der Waals surface area contributed by atoms with Crippen LogP contribution in [0.1, 0.15) is 38.7 Å². The molecule has 0 spiro atoms. The third-order valence-corrected chi connectivity index (χ3v) is 4.51. The van der Waals surface area contributed by atoms with Crippen LogP contribution in [0.2, 0.25) is 0 Å². The third kappa shape index (κ3) is 3.80. The predicted molar refractivity (Wildman–Crippen MR) is 79.3 cm³/mol. The number of hydrogen-bond donors (Lipinski definition) is 1. The molecule has 0 radical (unpaired) electrons. The van der Waals surface area contributed by atoms with E-state index in [0.29, 0.717) is 5.54 Å². The second-order valence-corrected chi connectivity index (χ2v) is 5.82. The van der Waals surface area contributed by atoms with Crippen LogP contribution in [0, 0.1) is 0 Å². The Hall–Kier alpha value is -0.870. The molecule has 0 saturated carbocycles. The second kappa shape index (κ2) is 6.53. The fraction of sp³-hybridized carbons (Fsp3) is 0.800. The Kier molecular flexibility index (Phi) is 4.99. The number of nitrogens with zero attached hydrogens (tertiary/aromatic N) is 3. The van der Waals surface area contributed by atoms with Gasteiger partial charge in [-0.1, -0.05) is 13.8 Å². The molecule has 2 rings (SSSR count). The van der Waals surface area contributed by atoms with E-state index in [-0.39, 0.29) is 0 Å². The van der Waals surface area contributed by atoms with Gasteiger partial charge in [0, 0.05) is 31.9 Å². The summed E-state index contributed by atoms with van der Waals surface area (Å²) >= 11 is 0. The second-order valence-electron chi connectivity index (χ2n) is 5.82. The molecule has 2 heterocycles. The van der Waals surface area contributed by atoms with E-state index in [1.807, 2.05) is 17.9 Å². The van der Waals surface area contributed by atoms with E-state index in [1.54, 1.807) is 0 Å². The first-order valence-corrected chi connectivity index (χ1v) is 7.62. The molecule has 1 aliphatic heterocycles. The van der Waals surface area contributed by atoms with Gasteiger partial charge in [-0.25, -0.2) is 0 Å². The molecule has 0 aliphatic carbocycles. The van der Waals surface area contributed by atoms with E-state index in [4.69, 9.17) is 0 Å². The zero-order valence-electron chi connectivity index (χ0n) is 12.7. The van der Waals surface area contributed by atoms with Crippen molar-refractivity contribution in [2.45, 2.75) is 45.1 Å². The van der Waals surface area contributed by atoms with E-state index >= 15 is 0 Å². The van der Waals surface area contributed by atoms with Gasteiger partial charge in [0.15, 0.2) is 0 Å². The van der Waals surface area contributed by atoms with Crippen LogP contribution in [0.25, 0.3) is 0 Å². The summed E-state index contributed by atoms with van der Waals surface area (Å²) in [6, 6.07) is 0. The van der Waals surface area contributed by atoms with Gasteiger partial charge in [-0.15, -0.1) is 0 Å². The number of aromatic nitrogens is 2. The van der Waals surface area contributed by atoms with Gasteiger partial charge in [0.1, 0.15) is 0 Å². The van der Waals surface area contributed by atoms with Crippen molar-refractivity contribution in [3.05, 3.63) is 18.0 Å². The molecule has 1 fully saturated rings. The van der Waals surface area contributed by atoms with Gasteiger partial charge >= 0.3 is 0 Å². The minimum absolute atomic E-state index is 0.325. The summed E-state index contributed by atoms with van der Waals surface area (Å²) in [6.07, 6.45) is 8.91. The van der Waals surface area contributed by atoms with E-state index in [0.717, 1.165) is 19.5 Å². The Morgan fingerprint density at radius 2 is 2.16 bits per heavy atom. The topological polar surface area (TPSA) is 33.1 Å². The Morgan fingerprint density at radius 1 is 1.37 bits per heavy atom. The van der Waals surface area contributed by atoms with E-state index < -0.39 is 0 Å². The highest BCUT2D eigenvalue weighted by Gasteiger charge is 2.29. The van der Waals surface area contributed by atoms with Crippen LogP contribution in [0.15, 0.2) is 12.4 Å². The Balaban J connectivity index is 1.91. The molecule has 0 amide bonds. The standard InChI is InChI=1S/C15H28N4/c1-4-15(5-2)13-19(9-6-8-16-15)10-7-14-11-17-18(3)12-14/h11-12,16H,4-10,13H2,1-3H3. The van der Waals surface area contributed by atoms with Gasteiger partial charge in [-0.05, 0) is 44.3 Å². The summed E-state index contributed by atoms with van der Waals surface area (Å²) in [5.41, 5.74) is 1.67. The normalized spacial score (nSPS) is 20.4. The highest BCUT2D eigenvalue weighted by molar-refractivity contribution is 5.04. The van der Waals surface area contributed by atoms with Crippen LogP contribution < -0.4 is 5.32 Å². The van der Waals surface area contributed by atoms with Crippen molar-refractivity contribution in [2.75, 3.05) is 26.2 Å². The highest BCUT2D eigenvalue weighted by Crippen LogP contribution is 2.19. The average Bonchev–Trinajstić information content (AvgIpc) is 2.73. The van der Waals surface area contributed by atoms with Gasteiger partial charge in [0.25, 0.3) is 0 Å². The molecule has 4 nitrogen and oxygen atoms in total. The van der Waals surface area contributed by atoms with E-state index in [9.17, 15) is 0 Å². The maximum absolute atomic E-state index is 4.25. The number of hydrogen-bond acceptors (Lipinski definition) is 3. The van der Waals surface area contributed by atoms with E-state index in [2.05, 4.69) is 35.4 Å². The molecule has 0 aromatic carbocycles. The van der Waals surface area contributed by atoms with Crippen molar-refractivity contribution in [1.29, 1.82) is 0 Å². The number of rotatable bonds is 5. The molecule has 0 bridgehead atoms. The first-order chi connectivity index (χ1) is 9.17. The predicted octanol–water partition coefficient (Wildman–Crippen LogP) is 1.82. The van der Waals surface area contributed by atoms with Crippen molar-refractivity contribution in [2.24, 2.45) is 7.05 Å². The van der Waals surface area contributed by atoms with Crippen LogP contribution in [-0.2, 0) is 13.5 Å². The van der Waals surface area contributed by atoms with Crippen LogP contribution in [0.3, 0.4) is 0 Å². The lowest BCUT2D eigenvalue weighted by Crippen LogP contribution is -2.50. The molecule has 0 atom stereocenters. The number of aryl methyl sites for hydroxylation is 1. The largest absolute Gasteiger partial charge is 0.310 e. The summed E-state index contributed by atoms with van der Waals surface area (Å²) < 4.78 is 1.89. The maximum atomic E-state index is 4.25. The smallest absolute Gasteiger partial charge is 0.0522 e. The van der Waals surface area contributed by atoms with Gasteiger partial charge in [0.05, 0.1) is 6.20 Å². The molecule has 0 unspecified atom stereocenters. The summed E-state index contributed by atoms with van der Waals surface area (Å²) in [5, 5.41) is 8.01. The maximum Gasteiger partial charge on any atom is 0.0522 e. The van der Waals surface area contributed by atoms with Crippen molar-refractivity contribution in [3.8, 4) is 0 Å². The zero-order valence-corrected chi connectivity index (χ0v) is 12.7. The van der Waals surface area contributed by atoms with Crippen LogP contribution >= 0.6 is 0 Å². The zero-order chi connectivity index (χ0) is 13.7. The molecule has 108 valence electrons. The van der Waals surface area contributed by atoms with Gasteiger partial charge < -0.3 is 10.2 Å². The summed E-state index contributed by atoms with van der Waals surface area (Å²) in [6.45, 7) is 9.32. The number of nitrogens with one attached hydrogen (secondary N) is 1. The Morgan fingerprint density at radius 3 is 2.79 bits per heavy atom. The van der Waals surface area contributed by atoms with Crippen molar-refractivity contribution >= 4 is 0 Å². The Labute approximate surface area is 117 Å². The summed E-state index contributed by atoms with van der Waals surface area (Å²) in [4.78, 5) is 2.62. The molecular weight excluding hydrogens is 236 g/mol. The lowest BCUT2D eigenvalue weighted by atomic mass is 9.92. The fourth-order valence-corrected chi connectivity index (χ4v) is 3.02. The molecule has 1 saturated heterocycles. The van der Waals surface area contributed by atoms with Crippen LogP contribution in [0.4, 0.5) is 0 Å². The molecule has 19 heavy (non-hydrogen) atoms. The SMILES string of the molecule is CCC1(CC)CN(CCc2cnn(C)c2)CCCN1. The first-order valence-electron chi connectivity index (χ1n) is 7.62. The third-order valence-electron chi connectivity index (χ3n) is 4.51. The summed E-state index contributed by atoms with van der Waals surface area (Å²) in [5.74, 6) is 0. The monoisotopic (exact) mass is 264 g/mol. The van der Waals surface area contributed by atoms with Crippen molar-refractivity contribution in [3.63, 3.8) is 0 Å². The van der Waals surface area contributed by atoms with Gasteiger partial charge in [0.2, 0.25) is 0 Å². The minimum Gasteiger partial charge on any atom is -0.310 e. The highest BCUT2D eigenvalue weighted by atomic mass is 15.2. The van der Waals surface area contributed by atoms with Crippen LogP contribution in [-0.4, -0.2) is 46.4 Å². The molecule has 1 aromatic heterocycles. The summed E-state index contributed by atoms with van der Waals surface area (Å²) in [7, 11) is 1.98. The fourth-order valence-electron chi connectivity index (χ4n) is 3.02. The van der Waals surface area contributed by atoms with Gasteiger partial charge in [-0.2, -0.15) is 5.10 Å². The van der Waals surface area contributed by atoms with E-state index in [1.165, 1.54) is 37.9 Å². The Bertz CT molecular complexity index is 381. The molecule has 4 heteroatoms. The van der Waals surface area contributed by atoms with Crippen molar-refractivity contribution < 1.29 is 0 Å². The lowest BCUT2D eigenvalue weighted by molar-refractivity contribution is 0.199. The molecule has 1 N–H and O–H groups in total. The molecular formula is C15H28N4. The molecule has 1 aliphatic rings. The molecule has 1 aromatic rings. The van der Waals surface area contributed by atoms with Crippen LogP contribution in [0.5, 0.6) is 0 Å². The lowest BCUT2D eigenvalue weighted by Gasteiger charge is -2.35. The van der Waals surface area contributed by atoms with Crippen molar-refractivity contribution in [1.82, 2.24) is 20.0 Å². The quantitative estimate of drug-likeness (QED) is 0.880. The average molecular weight is 264 g/mol. The first kappa shape index (κ1) is 14.5. The minimum atomic E-state index is 0.325. The van der Waals surface area contributed by atoms with Gasteiger partial charge in [-0.3, -0.25) is 4.68 Å².